The first-order valence-electron chi connectivity index (χ1n) is 9.74. The largest absolute Gasteiger partial charge is 0.449 e. The van der Waals surface area contributed by atoms with Crippen LogP contribution >= 0.6 is 0 Å². The van der Waals surface area contributed by atoms with Gasteiger partial charge in [0, 0.05) is 26.0 Å². The molecule has 0 bridgehead atoms. The summed E-state index contributed by atoms with van der Waals surface area (Å²) >= 11 is 0. The summed E-state index contributed by atoms with van der Waals surface area (Å²) in [5, 5.41) is 6.77. The summed E-state index contributed by atoms with van der Waals surface area (Å²) < 4.78 is 32.6. The standard InChI is InChI=1S/C22H24N4O5S/c1-15-10-11-19(32(29,30)25(3)4)12-20(15)24-21(27)16(2)31-22(28)17-13-23-26(14-17)18-8-6-5-7-9-18/h5-14,16H,1-4H3,(H,24,27). The number of ether oxygens (including phenoxy) is 1. The molecule has 3 rings (SSSR count). The highest BCUT2D eigenvalue weighted by Gasteiger charge is 2.23. The van der Waals surface area contributed by atoms with E-state index in [1.54, 1.807) is 13.0 Å². The Kier molecular flexibility index (Phi) is 6.75. The number of amides is 1. The molecule has 0 aliphatic carbocycles. The Bertz CT molecular complexity index is 1240. The number of aromatic nitrogens is 2. The third kappa shape index (κ3) is 5.04. The number of rotatable bonds is 7. The maximum atomic E-state index is 12.6. The van der Waals surface area contributed by atoms with Gasteiger partial charge in [0.2, 0.25) is 10.0 Å². The molecule has 3 aromatic rings. The Morgan fingerprint density at radius 2 is 1.81 bits per heavy atom. The molecule has 1 unspecified atom stereocenters. The second-order valence-electron chi connectivity index (χ2n) is 7.31. The fourth-order valence-corrected chi connectivity index (χ4v) is 3.70. The molecular formula is C22H24N4O5S. The van der Waals surface area contributed by atoms with Gasteiger partial charge < -0.3 is 10.1 Å². The van der Waals surface area contributed by atoms with E-state index in [0.29, 0.717) is 11.3 Å². The summed E-state index contributed by atoms with van der Waals surface area (Å²) in [6, 6.07) is 13.7. The number of carbonyl (C=O) groups is 2. The Labute approximate surface area is 186 Å². The molecule has 0 saturated heterocycles. The number of nitrogens with zero attached hydrogens (tertiary/aromatic N) is 3. The normalized spacial score (nSPS) is 12.4. The van der Waals surface area contributed by atoms with Crippen LogP contribution in [0.4, 0.5) is 5.69 Å². The van der Waals surface area contributed by atoms with Crippen molar-refractivity contribution in [2.24, 2.45) is 0 Å². The molecule has 0 aliphatic heterocycles. The molecular weight excluding hydrogens is 432 g/mol. The number of para-hydroxylation sites is 1. The van der Waals surface area contributed by atoms with Gasteiger partial charge in [0.05, 0.1) is 22.3 Å². The molecule has 0 radical (unpaired) electrons. The molecule has 0 fully saturated rings. The van der Waals surface area contributed by atoms with E-state index in [2.05, 4.69) is 10.4 Å². The van der Waals surface area contributed by atoms with Crippen LogP contribution in [-0.2, 0) is 19.6 Å². The van der Waals surface area contributed by atoms with Crippen LogP contribution in [0.1, 0.15) is 22.8 Å². The average Bonchev–Trinajstić information content (AvgIpc) is 3.26. The monoisotopic (exact) mass is 456 g/mol. The second kappa shape index (κ2) is 9.33. The molecule has 0 aliphatic rings. The summed E-state index contributed by atoms with van der Waals surface area (Å²) in [6.45, 7) is 3.17. The first kappa shape index (κ1) is 23.2. The molecule has 1 aromatic heterocycles. The van der Waals surface area contributed by atoms with E-state index in [-0.39, 0.29) is 10.5 Å². The topological polar surface area (TPSA) is 111 Å². The van der Waals surface area contributed by atoms with Gasteiger partial charge in [-0.15, -0.1) is 0 Å². The number of carbonyl (C=O) groups excluding carboxylic acids is 2. The zero-order chi connectivity index (χ0) is 23.5. The summed E-state index contributed by atoms with van der Waals surface area (Å²) in [5.41, 5.74) is 1.96. The fraction of sp³-hybridized carbons (Fsp3) is 0.227. The highest BCUT2D eigenvalue weighted by atomic mass is 32.2. The maximum Gasteiger partial charge on any atom is 0.342 e. The van der Waals surface area contributed by atoms with Gasteiger partial charge in [-0.2, -0.15) is 5.10 Å². The van der Waals surface area contributed by atoms with Crippen LogP contribution in [0.15, 0.2) is 65.8 Å². The minimum atomic E-state index is -3.66. The van der Waals surface area contributed by atoms with Crippen LogP contribution in [-0.4, -0.2) is 54.6 Å². The van der Waals surface area contributed by atoms with E-state index in [9.17, 15) is 18.0 Å². The molecule has 32 heavy (non-hydrogen) atoms. The van der Waals surface area contributed by atoms with Crippen molar-refractivity contribution in [1.82, 2.24) is 14.1 Å². The smallest absolute Gasteiger partial charge is 0.342 e. The van der Waals surface area contributed by atoms with Crippen LogP contribution in [0.25, 0.3) is 5.69 Å². The number of sulfonamides is 1. The first-order chi connectivity index (χ1) is 15.1. The number of nitrogens with one attached hydrogen (secondary N) is 1. The third-order valence-corrected chi connectivity index (χ3v) is 6.55. The van der Waals surface area contributed by atoms with Gasteiger partial charge in [-0.1, -0.05) is 24.3 Å². The lowest BCUT2D eigenvalue weighted by Crippen LogP contribution is -2.30. The van der Waals surface area contributed by atoms with Crippen molar-refractivity contribution in [2.45, 2.75) is 24.8 Å². The van der Waals surface area contributed by atoms with Crippen molar-refractivity contribution in [3.8, 4) is 5.69 Å². The maximum absolute atomic E-state index is 12.6. The van der Waals surface area contributed by atoms with E-state index < -0.39 is 28.0 Å². The summed E-state index contributed by atoms with van der Waals surface area (Å²) in [4.78, 5) is 25.1. The number of esters is 1. The van der Waals surface area contributed by atoms with Gasteiger partial charge in [-0.05, 0) is 43.7 Å². The predicted molar refractivity (Wildman–Crippen MR) is 119 cm³/mol. The van der Waals surface area contributed by atoms with E-state index in [1.807, 2.05) is 30.3 Å². The lowest BCUT2D eigenvalue weighted by molar-refractivity contribution is -0.123. The molecule has 1 N–H and O–H groups in total. The number of hydrogen-bond acceptors (Lipinski definition) is 6. The van der Waals surface area contributed by atoms with Crippen molar-refractivity contribution in [3.05, 3.63) is 72.1 Å². The number of aryl methyl sites for hydroxylation is 1. The van der Waals surface area contributed by atoms with Gasteiger partial charge in [0.1, 0.15) is 0 Å². The quantitative estimate of drug-likeness (QED) is 0.547. The van der Waals surface area contributed by atoms with Crippen LogP contribution < -0.4 is 5.32 Å². The molecule has 9 nitrogen and oxygen atoms in total. The van der Waals surface area contributed by atoms with E-state index >= 15 is 0 Å². The minimum absolute atomic E-state index is 0.0429. The Morgan fingerprint density at radius 1 is 1.12 bits per heavy atom. The van der Waals surface area contributed by atoms with Crippen LogP contribution in [0, 0.1) is 6.92 Å². The van der Waals surface area contributed by atoms with Gasteiger partial charge in [-0.25, -0.2) is 22.2 Å². The summed E-state index contributed by atoms with van der Waals surface area (Å²) in [6.07, 6.45) is 1.76. The molecule has 1 amide bonds. The SMILES string of the molecule is Cc1ccc(S(=O)(=O)N(C)C)cc1NC(=O)C(C)OC(=O)c1cnn(-c2ccccc2)c1. The fourth-order valence-electron chi connectivity index (χ4n) is 2.77. The number of benzene rings is 2. The van der Waals surface area contributed by atoms with Crippen LogP contribution in [0.2, 0.25) is 0 Å². The predicted octanol–water partition coefficient (Wildman–Crippen LogP) is 2.62. The molecule has 2 aromatic carbocycles. The van der Waals surface area contributed by atoms with E-state index in [0.717, 1.165) is 9.99 Å². The lowest BCUT2D eigenvalue weighted by Gasteiger charge is -2.16. The molecule has 10 heteroatoms. The van der Waals surface area contributed by atoms with Crippen LogP contribution in [0.5, 0.6) is 0 Å². The van der Waals surface area contributed by atoms with Gasteiger partial charge in [-0.3, -0.25) is 4.79 Å². The van der Waals surface area contributed by atoms with Crippen molar-refractivity contribution < 1.29 is 22.7 Å². The van der Waals surface area contributed by atoms with Crippen LogP contribution in [0.3, 0.4) is 0 Å². The highest BCUT2D eigenvalue weighted by Crippen LogP contribution is 2.22. The third-order valence-electron chi connectivity index (χ3n) is 4.74. The Balaban J connectivity index is 1.69. The molecule has 1 heterocycles. The van der Waals surface area contributed by atoms with Gasteiger partial charge in [0.25, 0.3) is 5.91 Å². The average molecular weight is 457 g/mol. The van der Waals surface area contributed by atoms with Gasteiger partial charge >= 0.3 is 5.97 Å². The number of hydrogen-bond donors (Lipinski definition) is 1. The lowest BCUT2D eigenvalue weighted by atomic mass is 10.2. The summed E-state index contributed by atoms with van der Waals surface area (Å²) in [7, 11) is -0.809. The minimum Gasteiger partial charge on any atom is -0.449 e. The molecule has 1 atom stereocenters. The molecule has 0 saturated carbocycles. The Morgan fingerprint density at radius 3 is 2.47 bits per heavy atom. The highest BCUT2D eigenvalue weighted by molar-refractivity contribution is 7.89. The van der Waals surface area contributed by atoms with E-state index in [1.165, 1.54) is 50.2 Å². The van der Waals surface area contributed by atoms with Crippen molar-refractivity contribution in [1.29, 1.82) is 0 Å². The summed E-state index contributed by atoms with van der Waals surface area (Å²) in [5.74, 6) is -1.29. The number of anilines is 1. The van der Waals surface area contributed by atoms with Crippen molar-refractivity contribution >= 4 is 27.6 Å². The Hall–Kier alpha value is -3.50. The first-order valence-corrected chi connectivity index (χ1v) is 11.2. The van der Waals surface area contributed by atoms with Crippen molar-refractivity contribution in [2.75, 3.05) is 19.4 Å². The van der Waals surface area contributed by atoms with Crippen molar-refractivity contribution in [3.63, 3.8) is 0 Å². The second-order valence-corrected chi connectivity index (χ2v) is 9.46. The van der Waals surface area contributed by atoms with Gasteiger partial charge in [0.15, 0.2) is 6.10 Å². The zero-order valence-corrected chi connectivity index (χ0v) is 19.0. The molecule has 168 valence electrons. The molecule has 0 spiro atoms. The van der Waals surface area contributed by atoms with E-state index in [4.69, 9.17) is 4.74 Å². The zero-order valence-electron chi connectivity index (χ0n) is 18.1.